The highest BCUT2D eigenvalue weighted by Crippen LogP contribution is 2.39. The number of hydrogen-bond donors (Lipinski definition) is 1. The zero-order valence-electron chi connectivity index (χ0n) is 13.6. The molecule has 0 bridgehead atoms. The zero-order chi connectivity index (χ0) is 14.6. The van der Waals surface area contributed by atoms with Crippen LogP contribution < -0.4 is 5.32 Å². The third-order valence-corrected chi connectivity index (χ3v) is 5.05. The Morgan fingerprint density at radius 3 is 2.50 bits per heavy atom. The van der Waals surface area contributed by atoms with Crippen molar-refractivity contribution in [3.8, 4) is 0 Å². The molecular weight excluding hydrogens is 244 g/mol. The van der Waals surface area contributed by atoms with Gasteiger partial charge in [-0.25, -0.2) is 0 Å². The van der Waals surface area contributed by atoms with Crippen LogP contribution in [0.1, 0.15) is 57.7 Å². The molecule has 0 amide bonds. The van der Waals surface area contributed by atoms with Crippen molar-refractivity contribution in [2.45, 2.75) is 65.3 Å². The normalized spacial score (nSPS) is 20.8. The summed E-state index contributed by atoms with van der Waals surface area (Å²) in [6.45, 7) is 6.99. The molecular formula is C18H30N2. The molecule has 1 atom stereocenters. The predicted octanol–water partition coefficient (Wildman–Crippen LogP) is 3.99. The second kappa shape index (κ2) is 6.71. The summed E-state index contributed by atoms with van der Waals surface area (Å²) in [7, 11) is 2.10. The third-order valence-electron chi connectivity index (χ3n) is 5.05. The lowest BCUT2D eigenvalue weighted by atomic mass is 9.70. The molecule has 0 saturated heterocycles. The Morgan fingerprint density at radius 2 is 2.00 bits per heavy atom. The lowest BCUT2D eigenvalue weighted by molar-refractivity contribution is 0.163. The number of pyridine rings is 1. The van der Waals surface area contributed by atoms with Gasteiger partial charge in [0.1, 0.15) is 0 Å². The highest BCUT2D eigenvalue weighted by Gasteiger charge is 2.30. The fraction of sp³-hybridized carbons (Fsp3) is 0.722. The minimum atomic E-state index is 0.551. The lowest BCUT2D eigenvalue weighted by Gasteiger charge is -2.38. The van der Waals surface area contributed by atoms with Crippen LogP contribution >= 0.6 is 0 Å². The fourth-order valence-electron chi connectivity index (χ4n) is 3.34. The quantitative estimate of drug-likeness (QED) is 0.878. The van der Waals surface area contributed by atoms with E-state index >= 15 is 0 Å². The smallest absolute Gasteiger partial charge is 0.0419 e. The van der Waals surface area contributed by atoms with Gasteiger partial charge in [0, 0.05) is 24.4 Å². The molecule has 20 heavy (non-hydrogen) atoms. The van der Waals surface area contributed by atoms with Crippen molar-refractivity contribution in [2.75, 3.05) is 7.05 Å². The van der Waals surface area contributed by atoms with Crippen molar-refractivity contribution in [1.82, 2.24) is 10.3 Å². The average molecular weight is 274 g/mol. The van der Waals surface area contributed by atoms with Gasteiger partial charge < -0.3 is 5.32 Å². The van der Waals surface area contributed by atoms with Crippen molar-refractivity contribution in [3.63, 3.8) is 0 Å². The largest absolute Gasteiger partial charge is 0.316 e. The van der Waals surface area contributed by atoms with Crippen molar-refractivity contribution in [1.29, 1.82) is 0 Å². The van der Waals surface area contributed by atoms with Gasteiger partial charge in [-0.05, 0) is 62.1 Å². The van der Waals surface area contributed by atoms with E-state index in [-0.39, 0.29) is 0 Å². The van der Waals surface area contributed by atoms with Crippen molar-refractivity contribution >= 4 is 0 Å². The highest BCUT2D eigenvalue weighted by atomic mass is 14.9. The molecule has 1 aromatic rings. The average Bonchev–Trinajstić information content (AvgIpc) is 2.46. The molecule has 0 spiro atoms. The Balaban J connectivity index is 1.94. The molecule has 0 radical (unpaired) electrons. The molecule has 1 saturated carbocycles. The number of rotatable bonds is 5. The number of hydrogen-bond acceptors (Lipinski definition) is 2. The summed E-state index contributed by atoms with van der Waals surface area (Å²) >= 11 is 0. The summed E-state index contributed by atoms with van der Waals surface area (Å²) in [5, 5.41) is 3.54. The molecule has 1 aliphatic rings. The first-order valence-electron chi connectivity index (χ1n) is 8.15. The predicted molar refractivity (Wildman–Crippen MR) is 85.9 cm³/mol. The summed E-state index contributed by atoms with van der Waals surface area (Å²) in [6.07, 6.45) is 9.59. The van der Waals surface area contributed by atoms with Crippen LogP contribution in [0.3, 0.4) is 0 Å². The summed E-state index contributed by atoms with van der Waals surface area (Å²) in [5.41, 5.74) is 3.11. The first-order chi connectivity index (χ1) is 9.54. The van der Waals surface area contributed by atoms with E-state index in [9.17, 15) is 0 Å². The minimum absolute atomic E-state index is 0.551. The second-order valence-corrected chi connectivity index (χ2v) is 7.11. The molecule has 1 unspecified atom stereocenters. The van der Waals surface area contributed by atoms with Crippen LogP contribution in [0.25, 0.3) is 0 Å². The van der Waals surface area contributed by atoms with Crippen molar-refractivity contribution in [3.05, 3.63) is 29.6 Å². The fourth-order valence-corrected chi connectivity index (χ4v) is 3.34. The highest BCUT2D eigenvalue weighted by molar-refractivity contribution is 5.15. The number of likely N-dealkylation sites (N-methyl/N-ethyl adjacent to an activating group) is 1. The first kappa shape index (κ1) is 15.5. The number of nitrogens with zero attached hydrogens (tertiary/aromatic N) is 1. The van der Waals surface area contributed by atoms with Gasteiger partial charge in [0.05, 0.1) is 0 Å². The van der Waals surface area contributed by atoms with Crippen molar-refractivity contribution in [2.24, 2.45) is 11.3 Å². The van der Waals surface area contributed by atoms with Gasteiger partial charge >= 0.3 is 0 Å². The van der Waals surface area contributed by atoms with E-state index in [0.717, 1.165) is 18.8 Å². The Morgan fingerprint density at radius 1 is 1.30 bits per heavy atom. The molecule has 2 nitrogen and oxygen atoms in total. The maximum atomic E-state index is 4.62. The van der Waals surface area contributed by atoms with Gasteiger partial charge in [-0.3, -0.25) is 4.98 Å². The van der Waals surface area contributed by atoms with E-state index in [4.69, 9.17) is 0 Å². The maximum absolute atomic E-state index is 4.62. The Labute approximate surface area is 124 Å². The molecule has 1 N–H and O–H groups in total. The Bertz CT molecular complexity index is 398. The maximum Gasteiger partial charge on any atom is 0.0419 e. The van der Waals surface area contributed by atoms with E-state index in [0.29, 0.717) is 11.5 Å². The van der Waals surface area contributed by atoms with Crippen LogP contribution in [0.5, 0.6) is 0 Å². The molecule has 2 heteroatoms. The van der Waals surface area contributed by atoms with Crippen LogP contribution in [0.2, 0.25) is 0 Å². The minimum Gasteiger partial charge on any atom is -0.316 e. The first-order valence-corrected chi connectivity index (χ1v) is 8.15. The van der Waals surface area contributed by atoms with Gasteiger partial charge in [-0.15, -0.1) is 0 Å². The molecule has 1 fully saturated rings. The lowest BCUT2D eigenvalue weighted by Crippen LogP contribution is -2.39. The van der Waals surface area contributed by atoms with Crippen molar-refractivity contribution < 1.29 is 0 Å². The van der Waals surface area contributed by atoms with Crippen LogP contribution in [-0.2, 0) is 12.8 Å². The van der Waals surface area contributed by atoms with E-state index < -0.39 is 0 Å². The van der Waals surface area contributed by atoms with Gasteiger partial charge in [0.2, 0.25) is 0 Å². The van der Waals surface area contributed by atoms with E-state index in [1.54, 1.807) is 0 Å². The molecule has 112 valence electrons. The van der Waals surface area contributed by atoms with Gasteiger partial charge in [-0.2, -0.15) is 0 Å². The van der Waals surface area contributed by atoms with Crippen LogP contribution in [0.15, 0.2) is 18.3 Å². The SMILES string of the molecule is CCc1ccc(CC(NC)C2CCC(C)(C)CC2)nc1. The third kappa shape index (κ3) is 4.05. The van der Waals surface area contributed by atoms with Crippen LogP contribution in [0, 0.1) is 11.3 Å². The Kier molecular flexibility index (Phi) is 5.20. The van der Waals surface area contributed by atoms with Gasteiger partial charge in [0.15, 0.2) is 0 Å². The van der Waals surface area contributed by atoms with Crippen LogP contribution in [0.4, 0.5) is 0 Å². The van der Waals surface area contributed by atoms with E-state index in [2.05, 4.69) is 50.3 Å². The monoisotopic (exact) mass is 274 g/mol. The zero-order valence-corrected chi connectivity index (χ0v) is 13.6. The van der Waals surface area contributed by atoms with Gasteiger partial charge in [0.25, 0.3) is 0 Å². The van der Waals surface area contributed by atoms with E-state index in [1.807, 2.05) is 6.20 Å². The van der Waals surface area contributed by atoms with Gasteiger partial charge in [-0.1, -0.05) is 26.8 Å². The Hall–Kier alpha value is -0.890. The molecule has 1 heterocycles. The summed E-state index contributed by atoms with van der Waals surface area (Å²) < 4.78 is 0. The van der Waals surface area contributed by atoms with E-state index in [1.165, 1.54) is 36.9 Å². The second-order valence-electron chi connectivity index (χ2n) is 7.11. The van der Waals surface area contributed by atoms with Crippen LogP contribution in [-0.4, -0.2) is 18.1 Å². The summed E-state index contributed by atoms with van der Waals surface area (Å²) in [4.78, 5) is 4.62. The number of aryl methyl sites for hydroxylation is 1. The number of aromatic nitrogens is 1. The standard InChI is InChI=1S/C18H30N2/c1-5-14-6-7-16(20-13-14)12-17(19-4)15-8-10-18(2,3)11-9-15/h6-7,13,15,17,19H,5,8-12H2,1-4H3. The summed E-state index contributed by atoms with van der Waals surface area (Å²) in [6, 6.07) is 5.00. The molecule has 1 aliphatic carbocycles. The molecule has 2 rings (SSSR count). The number of nitrogens with one attached hydrogen (secondary N) is 1. The molecule has 0 aromatic carbocycles. The topological polar surface area (TPSA) is 24.9 Å². The molecule has 1 aromatic heterocycles. The molecule has 0 aliphatic heterocycles. The summed E-state index contributed by atoms with van der Waals surface area (Å²) in [5.74, 6) is 0.806.